The maximum absolute atomic E-state index is 11.5. The Morgan fingerprint density at radius 3 is 2.23 bits per heavy atom. The molecule has 2 N–H and O–H groups in total. The van der Waals surface area contributed by atoms with E-state index in [1.807, 2.05) is 20.8 Å². The van der Waals surface area contributed by atoms with Gasteiger partial charge >= 0.3 is 57.4 Å². The van der Waals surface area contributed by atoms with E-state index < -0.39 is 30.6 Å². The van der Waals surface area contributed by atoms with Gasteiger partial charge in [-0.05, 0) is 18.3 Å². The molecule has 0 radical (unpaired) electrons. The van der Waals surface area contributed by atoms with Crippen LogP contribution in [-0.4, -0.2) is 41.5 Å². The predicted molar refractivity (Wildman–Crippen MR) is 75.0 cm³/mol. The number of hydrogen-bond acceptors (Lipinski definition) is 6. The number of allylic oxidation sites excluding steroid dienone is 1. The van der Waals surface area contributed by atoms with Gasteiger partial charge < -0.3 is 24.9 Å². The van der Waals surface area contributed by atoms with E-state index in [4.69, 9.17) is 10.2 Å². The van der Waals surface area contributed by atoms with E-state index in [0.717, 1.165) is 5.57 Å². The normalized spacial score (nSPS) is 13.7. The summed E-state index contributed by atoms with van der Waals surface area (Å²) < 4.78 is 4.69. The van der Waals surface area contributed by atoms with Crippen molar-refractivity contribution in [1.29, 1.82) is 0 Å². The summed E-state index contributed by atoms with van der Waals surface area (Å²) in [5, 5.41) is 28.7. The molecule has 2 unspecified atom stereocenters. The van der Waals surface area contributed by atoms with Crippen LogP contribution in [0.4, 0.5) is 0 Å². The molecule has 0 spiro atoms. The molecule has 0 saturated carbocycles. The minimum absolute atomic E-state index is 0. The number of aliphatic hydroxyl groups is 2. The average molecular weight is 340 g/mol. The molecular formula is C15H25KO6. The third kappa shape index (κ3) is 12.7. The van der Waals surface area contributed by atoms with E-state index in [-0.39, 0.29) is 76.2 Å². The van der Waals surface area contributed by atoms with Gasteiger partial charge in [-0.2, -0.15) is 0 Å². The molecule has 0 aliphatic rings. The smallest absolute Gasteiger partial charge is 0.550 e. The van der Waals surface area contributed by atoms with Crippen LogP contribution >= 0.6 is 0 Å². The Balaban J connectivity index is 0. The molecule has 0 aromatic heterocycles. The minimum atomic E-state index is -1.33. The van der Waals surface area contributed by atoms with Crippen molar-refractivity contribution in [2.24, 2.45) is 11.3 Å². The molecule has 22 heavy (non-hydrogen) atoms. The largest absolute Gasteiger partial charge is 1.00 e. The standard InChI is InChI=1S/C15H26O6.K/c1-10(7-15(2,3)4)5-11(14(19)20)6-13(18)21-9-12(17)8-16;/h11-12,16-17H,1,5-9H2,2-4H3,(H,19,20);/q;+1/p-1. The van der Waals surface area contributed by atoms with Gasteiger partial charge in [-0.1, -0.05) is 32.9 Å². The average Bonchev–Trinajstić information content (AvgIpc) is 2.32. The van der Waals surface area contributed by atoms with E-state index in [1.165, 1.54) is 0 Å². The maximum Gasteiger partial charge on any atom is 1.00 e. The third-order valence-electron chi connectivity index (χ3n) is 2.71. The fourth-order valence-corrected chi connectivity index (χ4v) is 1.91. The fraction of sp³-hybridized carbons (Fsp3) is 0.733. The number of ether oxygens (including phenoxy) is 1. The number of carbonyl (C=O) groups excluding carboxylic acids is 2. The van der Waals surface area contributed by atoms with Gasteiger partial charge in [-0.15, -0.1) is 0 Å². The van der Waals surface area contributed by atoms with Crippen molar-refractivity contribution < 1.29 is 81.0 Å². The van der Waals surface area contributed by atoms with Gasteiger partial charge in [-0.3, -0.25) is 4.79 Å². The molecule has 0 aliphatic carbocycles. The predicted octanol–water partition coefficient (Wildman–Crippen LogP) is -2.97. The van der Waals surface area contributed by atoms with Gasteiger partial charge in [0.2, 0.25) is 0 Å². The van der Waals surface area contributed by atoms with E-state index in [9.17, 15) is 14.7 Å². The number of hydrogen-bond donors (Lipinski definition) is 2. The zero-order chi connectivity index (χ0) is 16.6. The van der Waals surface area contributed by atoms with Crippen LogP contribution in [-0.2, 0) is 14.3 Å². The Bertz CT molecular complexity index is 375. The summed E-state index contributed by atoms with van der Waals surface area (Å²) in [6.07, 6.45) is -0.707. The second kappa shape index (κ2) is 11.7. The Morgan fingerprint density at radius 2 is 1.82 bits per heavy atom. The third-order valence-corrected chi connectivity index (χ3v) is 2.71. The molecule has 122 valence electrons. The van der Waals surface area contributed by atoms with Crippen molar-refractivity contribution in [2.45, 2.75) is 46.1 Å². The fourth-order valence-electron chi connectivity index (χ4n) is 1.91. The van der Waals surface area contributed by atoms with Crippen LogP contribution in [0.1, 0.15) is 40.0 Å². The van der Waals surface area contributed by atoms with Gasteiger partial charge in [0.05, 0.1) is 13.0 Å². The van der Waals surface area contributed by atoms with E-state index in [1.54, 1.807) is 0 Å². The number of carboxylic acids is 1. The number of carbonyl (C=O) groups is 2. The van der Waals surface area contributed by atoms with E-state index >= 15 is 0 Å². The number of aliphatic hydroxyl groups excluding tert-OH is 2. The summed E-state index contributed by atoms with van der Waals surface area (Å²) in [7, 11) is 0. The Hall–Kier alpha value is 0.236. The van der Waals surface area contributed by atoms with Gasteiger partial charge in [0, 0.05) is 11.9 Å². The first-order valence-electron chi connectivity index (χ1n) is 6.87. The van der Waals surface area contributed by atoms with E-state index in [0.29, 0.717) is 6.42 Å². The van der Waals surface area contributed by atoms with Crippen molar-refractivity contribution in [3.63, 3.8) is 0 Å². The van der Waals surface area contributed by atoms with Crippen LogP contribution in [0.2, 0.25) is 0 Å². The van der Waals surface area contributed by atoms with Crippen LogP contribution in [0.15, 0.2) is 12.2 Å². The van der Waals surface area contributed by atoms with Crippen LogP contribution in [0.3, 0.4) is 0 Å². The molecule has 6 nitrogen and oxygen atoms in total. The minimum Gasteiger partial charge on any atom is -0.550 e. The molecule has 2 atom stereocenters. The number of rotatable bonds is 9. The Morgan fingerprint density at radius 1 is 1.27 bits per heavy atom. The van der Waals surface area contributed by atoms with Crippen LogP contribution in [0, 0.1) is 11.3 Å². The molecule has 0 saturated heterocycles. The van der Waals surface area contributed by atoms with Crippen molar-refractivity contribution in [1.82, 2.24) is 0 Å². The molecule has 0 aliphatic heterocycles. The zero-order valence-corrected chi connectivity index (χ0v) is 17.0. The number of aliphatic carboxylic acids is 1. The van der Waals surface area contributed by atoms with Crippen molar-refractivity contribution in [3.8, 4) is 0 Å². The topological polar surface area (TPSA) is 107 Å². The molecular weight excluding hydrogens is 315 g/mol. The van der Waals surface area contributed by atoms with Crippen molar-refractivity contribution in [2.75, 3.05) is 13.2 Å². The Labute approximate surface area is 174 Å². The van der Waals surface area contributed by atoms with Crippen LogP contribution in [0.25, 0.3) is 0 Å². The quantitative estimate of drug-likeness (QED) is 0.264. The van der Waals surface area contributed by atoms with E-state index in [2.05, 4.69) is 11.3 Å². The van der Waals surface area contributed by atoms with Crippen LogP contribution in [0.5, 0.6) is 0 Å². The maximum atomic E-state index is 11.5. The SMILES string of the molecule is C=C(CC(CC(=O)OCC(O)CO)C(=O)[O-])CC(C)(C)C.[K+]. The monoisotopic (exact) mass is 340 g/mol. The Kier molecular flexibility index (Phi) is 13.0. The molecule has 0 rings (SSSR count). The first-order chi connectivity index (χ1) is 9.55. The van der Waals surface area contributed by atoms with Crippen molar-refractivity contribution >= 4 is 11.9 Å². The summed E-state index contributed by atoms with van der Waals surface area (Å²) in [4.78, 5) is 22.6. The molecule has 0 aromatic rings. The summed E-state index contributed by atoms with van der Waals surface area (Å²) in [5.41, 5.74) is 0.721. The molecule has 0 amide bonds. The van der Waals surface area contributed by atoms with Crippen molar-refractivity contribution in [3.05, 3.63) is 12.2 Å². The molecule has 0 fully saturated rings. The van der Waals surface area contributed by atoms with Gasteiger partial charge in [-0.25, -0.2) is 0 Å². The zero-order valence-electron chi connectivity index (χ0n) is 13.9. The summed E-state index contributed by atoms with van der Waals surface area (Å²) in [5.74, 6) is -3.08. The number of esters is 1. The molecule has 0 heterocycles. The second-order valence-electron chi connectivity index (χ2n) is 6.43. The summed E-state index contributed by atoms with van der Waals surface area (Å²) in [6, 6.07) is 0. The first-order valence-corrected chi connectivity index (χ1v) is 6.87. The molecule has 7 heteroatoms. The number of carboxylic acid groups (broad SMARTS) is 1. The molecule has 0 aromatic carbocycles. The second-order valence-corrected chi connectivity index (χ2v) is 6.43. The molecule has 0 bridgehead atoms. The summed E-state index contributed by atoms with van der Waals surface area (Å²) in [6.45, 7) is 8.98. The van der Waals surface area contributed by atoms with Gasteiger partial charge in [0.1, 0.15) is 12.7 Å². The summed E-state index contributed by atoms with van der Waals surface area (Å²) >= 11 is 0. The van der Waals surface area contributed by atoms with Crippen LogP contribution < -0.4 is 56.5 Å². The van der Waals surface area contributed by atoms with Gasteiger partial charge in [0.15, 0.2) is 0 Å². The van der Waals surface area contributed by atoms with Gasteiger partial charge in [0.25, 0.3) is 0 Å². The first kappa shape index (κ1) is 24.5.